The van der Waals surface area contributed by atoms with Crippen molar-refractivity contribution in [3.63, 3.8) is 0 Å². The first kappa shape index (κ1) is 56.5. The van der Waals surface area contributed by atoms with E-state index in [4.69, 9.17) is 34.0 Å². The maximum Gasteiger partial charge on any atom is 0.333 e. The molecule has 0 saturated heterocycles. The number of nitrogens with two attached hydrogens (primary N) is 2. The Balaban J connectivity index is 0.000000245. The van der Waals surface area contributed by atoms with Gasteiger partial charge in [-0.05, 0) is 69.8 Å². The van der Waals surface area contributed by atoms with Crippen molar-refractivity contribution >= 4 is 75.4 Å². The fourth-order valence-corrected chi connectivity index (χ4v) is 20.8. The van der Waals surface area contributed by atoms with Crippen molar-refractivity contribution in [1.82, 2.24) is 0 Å². The van der Waals surface area contributed by atoms with Gasteiger partial charge in [0.2, 0.25) is 0 Å². The molecule has 15 heteroatoms. The lowest BCUT2D eigenvalue weighted by atomic mass is 9.91. The molecular weight excluding hydrogens is 1020 g/mol. The molecule has 2 aliphatic rings. The Morgan fingerprint density at radius 1 is 0.569 bits per heavy atom. The lowest BCUT2D eigenvalue weighted by molar-refractivity contribution is -0.140. The zero-order valence-electron chi connectivity index (χ0n) is 42.9. The monoisotopic (exact) mass is 1090 g/mol. The smallest absolute Gasteiger partial charge is 0.333 e. The van der Waals surface area contributed by atoms with Gasteiger partial charge in [-0.25, -0.2) is 9.59 Å². The predicted molar refractivity (Wildman–Crippen MR) is 296 cm³/mol. The first-order chi connectivity index (χ1) is 34.1. The second-order valence-electron chi connectivity index (χ2n) is 20.3. The predicted octanol–water partition coefficient (Wildman–Crippen LogP) is 8.15. The van der Waals surface area contributed by atoms with Crippen LogP contribution in [0.15, 0.2) is 174 Å². The molecule has 0 spiro atoms. The highest BCUT2D eigenvalue weighted by molar-refractivity contribution is 9.09. The van der Waals surface area contributed by atoms with Gasteiger partial charge in [0, 0.05) is 30.0 Å². The van der Waals surface area contributed by atoms with Gasteiger partial charge in [0.1, 0.15) is 6.10 Å². The molecule has 7 rings (SSSR count). The summed E-state index contributed by atoms with van der Waals surface area (Å²) in [6.07, 6.45) is 1.75. The Kier molecular flexibility index (Phi) is 18.8. The van der Waals surface area contributed by atoms with Crippen LogP contribution in [0, 0.1) is 6.92 Å². The van der Waals surface area contributed by atoms with Crippen molar-refractivity contribution in [2.75, 3.05) is 13.2 Å². The average Bonchev–Trinajstić information content (AvgIpc) is 3.35. The number of ether oxygens (including phenoxy) is 2. The summed E-state index contributed by atoms with van der Waals surface area (Å²) in [5.41, 5.74) is 15.2. The van der Waals surface area contributed by atoms with E-state index in [-0.39, 0.29) is 56.5 Å². The second-order valence-corrected chi connectivity index (χ2v) is 31.4. The third kappa shape index (κ3) is 12.6. The normalized spacial score (nSPS) is 20.8. The zero-order chi connectivity index (χ0) is 52.5. The standard InChI is InChI=1S/C32H39NO6SSi.C25H32BrNO3Si/c1-6-37-31(34)24-21-28(38-40(35,36)25-19-17-23(2)18-20-25)30(33)29(22-24)39-41(32(3,4)5,26-13-9-7-10-14-26)27-15-11-8-12-16-27;1-5-29-24(28)18-16-21(26)23(27)22(17-18)30-31(25(2,3)4,19-12-8-6-9-13-19)20-14-10-7-11-15-20/h7-21,28-30H,6,22,33H2,1-5H3;6-16,21-23H,5,17,27H2,1-4H3/t28-,29+,30-;21-,22-,23+/m01/s1. The van der Waals surface area contributed by atoms with Crippen molar-refractivity contribution in [3.05, 3.63) is 174 Å². The van der Waals surface area contributed by atoms with E-state index in [0.29, 0.717) is 18.6 Å². The molecule has 0 aliphatic heterocycles. The fourth-order valence-electron chi connectivity index (χ4n) is 9.70. The van der Waals surface area contributed by atoms with E-state index < -0.39 is 51.0 Å². The van der Waals surface area contributed by atoms with E-state index in [9.17, 15) is 18.0 Å². The third-order valence-electron chi connectivity index (χ3n) is 13.3. The van der Waals surface area contributed by atoms with Crippen LogP contribution in [0.3, 0.4) is 0 Å². The molecule has 0 heterocycles. The molecule has 2 aliphatic carbocycles. The Bertz CT molecular complexity index is 2670. The molecule has 0 amide bonds. The largest absolute Gasteiger partial charge is 0.463 e. The molecule has 5 aromatic carbocycles. The van der Waals surface area contributed by atoms with Crippen molar-refractivity contribution in [3.8, 4) is 0 Å². The number of rotatable bonds is 15. The Morgan fingerprint density at radius 2 is 0.917 bits per heavy atom. The minimum Gasteiger partial charge on any atom is -0.463 e. The van der Waals surface area contributed by atoms with E-state index in [0.717, 1.165) is 15.9 Å². The molecule has 0 saturated carbocycles. The summed E-state index contributed by atoms with van der Waals surface area (Å²) in [5.74, 6) is -0.841. The summed E-state index contributed by atoms with van der Waals surface area (Å²) < 4.78 is 57.3. The topological polar surface area (TPSA) is 166 Å². The molecule has 5 aromatic rings. The number of esters is 2. The van der Waals surface area contributed by atoms with Crippen LogP contribution in [0.1, 0.15) is 73.8 Å². The third-order valence-corrected chi connectivity index (χ3v) is 25.6. The first-order valence-corrected chi connectivity index (χ1v) is 30.7. The summed E-state index contributed by atoms with van der Waals surface area (Å²) in [6.45, 7) is 19.1. The van der Waals surface area contributed by atoms with Crippen molar-refractivity contribution in [2.24, 2.45) is 11.5 Å². The molecule has 72 heavy (non-hydrogen) atoms. The van der Waals surface area contributed by atoms with Crippen LogP contribution in [-0.4, -0.2) is 85.4 Å². The molecule has 0 bridgehead atoms. The van der Waals surface area contributed by atoms with Gasteiger partial charge in [-0.3, -0.25) is 4.18 Å². The summed E-state index contributed by atoms with van der Waals surface area (Å²) >= 11 is 3.65. The van der Waals surface area contributed by atoms with Gasteiger partial charge in [0.05, 0.1) is 41.2 Å². The lowest BCUT2D eigenvalue weighted by Crippen LogP contribution is -2.69. The van der Waals surface area contributed by atoms with Crippen LogP contribution in [0.4, 0.5) is 0 Å². The average molecular weight is 1100 g/mol. The minimum atomic E-state index is -4.19. The highest BCUT2D eigenvalue weighted by atomic mass is 79.9. The van der Waals surface area contributed by atoms with Crippen molar-refractivity contribution < 1.29 is 40.5 Å². The van der Waals surface area contributed by atoms with Crippen LogP contribution < -0.4 is 32.2 Å². The molecule has 0 radical (unpaired) electrons. The van der Waals surface area contributed by atoms with Crippen LogP contribution in [-0.2, 0) is 42.2 Å². The fraction of sp³-hybridized carbons (Fsp3) is 0.368. The summed E-state index contributed by atoms with van der Waals surface area (Å²) in [6, 6.07) is 46.3. The van der Waals surface area contributed by atoms with E-state index in [1.165, 1.54) is 28.6 Å². The number of hydrogen-bond acceptors (Lipinski definition) is 11. The maximum atomic E-state index is 13.3. The molecule has 0 fully saturated rings. The van der Waals surface area contributed by atoms with Gasteiger partial charge in [0.25, 0.3) is 26.8 Å². The Labute approximate surface area is 437 Å². The second kappa shape index (κ2) is 24.0. The van der Waals surface area contributed by atoms with Gasteiger partial charge >= 0.3 is 11.9 Å². The summed E-state index contributed by atoms with van der Waals surface area (Å²) in [5, 5.41) is 3.96. The number of alkyl halides is 1. The molecule has 0 unspecified atom stereocenters. The first-order valence-electron chi connectivity index (χ1n) is 24.6. The van der Waals surface area contributed by atoms with Crippen molar-refractivity contribution in [2.45, 2.75) is 125 Å². The molecule has 0 aromatic heterocycles. The van der Waals surface area contributed by atoms with E-state index >= 15 is 0 Å². The van der Waals surface area contributed by atoms with E-state index in [1.807, 2.05) is 68.5 Å². The van der Waals surface area contributed by atoms with E-state index in [1.54, 1.807) is 19.1 Å². The summed E-state index contributed by atoms with van der Waals surface area (Å²) in [4.78, 5) is 25.3. The van der Waals surface area contributed by atoms with Gasteiger partial charge in [-0.1, -0.05) is 203 Å². The zero-order valence-corrected chi connectivity index (χ0v) is 47.3. The Morgan fingerprint density at radius 3 is 1.26 bits per heavy atom. The number of carbonyl (C=O) groups excluding carboxylic acids is 2. The highest BCUT2D eigenvalue weighted by Crippen LogP contribution is 2.41. The number of aryl methyl sites for hydroxylation is 1. The quantitative estimate of drug-likeness (QED) is 0.0450. The van der Waals surface area contributed by atoms with Crippen molar-refractivity contribution in [1.29, 1.82) is 0 Å². The SMILES string of the molecule is CCOC(=O)C1=C[C@@H](Br)[C@H](N)[C@H](O[Si](c2ccccc2)(c2ccccc2)C(C)(C)C)C1.CCOC(=O)C1=C[C@H](OS(=O)(=O)c2ccc(C)cc2)[C@H](N)[C@H](O[Si](c2ccccc2)(c2ccccc2)C(C)(C)C)C1. The van der Waals surface area contributed by atoms with Gasteiger partial charge in [-0.2, -0.15) is 8.42 Å². The highest BCUT2D eigenvalue weighted by Gasteiger charge is 2.55. The minimum absolute atomic E-state index is 0.0106. The van der Waals surface area contributed by atoms with Crippen LogP contribution in [0.5, 0.6) is 0 Å². The van der Waals surface area contributed by atoms with Gasteiger partial charge in [0.15, 0.2) is 0 Å². The van der Waals surface area contributed by atoms with E-state index in [2.05, 4.69) is 130 Å². The summed E-state index contributed by atoms with van der Waals surface area (Å²) in [7, 11) is -10.0. The maximum absolute atomic E-state index is 13.3. The molecule has 11 nitrogen and oxygen atoms in total. The molecule has 4 N–H and O–H groups in total. The van der Waals surface area contributed by atoms with Gasteiger partial charge in [-0.15, -0.1) is 0 Å². The molecular formula is C57H71BrN2O9SSi2. The molecule has 6 atom stereocenters. The number of hydrogen-bond donors (Lipinski definition) is 2. The van der Waals surface area contributed by atoms with Crippen LogP contribution >= 0.6 is 15.9 Å². The lowest BCUT2D eigenvalue weighted by Gasteiger charge is -2.47. The Hall–Kier alpha value is -4.82. The molecule has 384 valence electrons. The number of benzene rings is 5. The van der Waals surface area contributed by atoms with Crippen LogP contribution in [0.25, 0.3) is 0 Å². The number of carbonyl (C=O) groups is 2. The number of halogens is 1. The van der Waals surface area contributed by atoms with Gasteiger partial charge < -0.3 is 29.8 Å². The van der Waals surface area contributed by atoms with Crippen LogP contribution in [0.2, 0.25) is 10.1 Å².